The molecule has 2 rings (SSSR count). The lowest BCUT2D eigenvalue weighted by Gasteiger charge is -2.11. The van der Waals surface area contributed by atoms with Crippen LogP contribution in [0.3, 0.4) is 0 Å². The van der Waals surface area contributed by atoms with Crippen LogP contribution in [-0.2, 0) is 6.42 Å². The molecule has 0 saturated carbocycles. The molecule has 0 spiro atoms. The minimum Gasteiger partial charge on any atom is -0.316 e. The van der Waals surface area contributed by atoms with Crippen LogP contribution in [0.1, 0.15) is 17.5 Å². The summed E-state index contributed by atoms with van der Waals surface area (Å²) >= 11 is 0. The SMILES string of the molecule is Cc1cccc(F)c1CC1CCNC1. The normalized spacial score (nSPS) is 21.4. The third-order valence-electron chi connectivity index (χ3n) is 3.01. The monoisotopic (exact) mass is 193 g/mol. The summed E-state index contributed by atoms with van der Waals surface area (Å²) in [5, 5.41) is 3.31. The molecule has 0 aromatic heterocycles. The van der Waals surface area contributed by atoms with Crippen molar-refractivity contribution in [2.24, 2.45) is 5.92 Å². The molecule has 0 amide bonds. The van der Waals surface area contributed by atoms with Crippen molar-refractivity contribution in [1.82, 2.24) is 5.32 Å². The van der Waals surface area contributed by atoms with Crippen LogP contribution in [0, 0.1) is 18.7 Å². The first-order valence-electron chi connectivity index (χ1n) is 5.22. The third kappa shape index (κ3) is 1.95. The van der Waals surface area contributed by atoms with Crippen LogP contribution in [0.4, 0.5) is 4.39 Å². The van der Waals surface area contributed by atoms with Gasteiger partial charge in [0.1, 0.15) is 5.82 Å². The van der Waals surface area contributed by atoms with E-state index in [1.165, 1.54) is 6.42 Å². The zero-order chi connectivity index (χ0) is 9.97. The second-order valence-electron chi connectivity index (χ2n) is 4.10. The molecule has 1 N–H and O–H groups in total. The van der Waals surface area contributed by atoms with Crippen molar-refractivity contribution in [3.05, 3.63) is 35.1 Å². The average Bonchev–Trinajstić information content (AvgIpc) is 2.64. The Bertz CT molecular complexity index is 296. The van der Waals surface area contributed by atoms with E-state index in [1.807, 2.05) is 13.0 Å². The largest absolute Gasteiger partial charge is 0.316 e. The Morgan fingerprint density at radius 3 is 3.00 bits per heavy atom. The highest BCUT2D eigenvalue weighted by Gasteiger charge is 2.17. The predicted octanol–water partition coefficient (Wildman–Crippen LogP) is 2.29. The Hall–Kier alpha value is -0.890. The summed E-state index contributed by atoms with van der Waals surface area (Å²) < 4.78 is 13.5. The number of hydrogen-bond acceptors (Lipinski definition) is 1. The third-order valence-corrected chi connectivity index (χ3v) is 3.01. The van der Waals surface area contributed by atoms with E-state index in [-0.39, 0.29) is 5.82 Å². The van der Waals surface area contributed by atoms with E-state index in [1.54, 1.807) is 12.1 Å². The maximum atomic E-state index is 13.5. The Morgan fingerprint density at radius 2 is 2.36 bits per heavy atom. The van der Waals surface area contributed by atoms with Crippen molar-refractivity contribution in [2.75, 3.05) is 13.1 Å². The lowest BCUT2D eigenvalue weighted by Crippen LogP contribution is -2.12. The summed E-state index contributed by atoms with van der Waals surface area (Å²) in [6.07, 6.45) is 2.05. The Kier molecular flexibility index (Phi) is 2.82. The molecule has 1 heterocycles. The van der Waals surface area contributed by atoms with E-state index in [9.17, 15) is 4.39 Å². The maximum Gasteiger partial charge on any atom is 0.126 e. The van der Waals surface area contributed by atoms with Crippen molar-refractivity contribution < 1.29 is 4.39 Å². The van der Waals surface area contributed by atoms with Crippen molar-refractivity contribution in [3.63, 3.8) is 0 Å². The van der Waals surface area contributed by atoms with Crippen LogP contribution < -0.4 is 5.32 Å². The van der Waals surface area contributed by atoms with Gasteiger partial charge in [-0.3, -0.25) is 0 Å². The fourth-order valence-electron chi connectivity index (χ4n) is 2.10. The first-order chi connectivity index (χ1) is 6.77. The zero-order valence-electron chi connectivity index (χ0n) is 8.52. The van der Waals surface area contributed by atoms with E-state index in [0.717, 1.165) is 30.6 Å². The van der Waals surface area contributed by atoms with Gasteiger partial charge in [-0.15, -0.1) is 0 Å². The van der Waals surface area contributed by atoms with Gasteiger partial charge in [-0.2, -0.15) is 0 Å². The number of halogens is 1. The summed E-state index contributed by atoms with van der Waals surface area (Å²) in [4.78, 5) is 0. The van der Waals surface area contributed by atoms with E-state index in [2.05, 4.69) is 5.32 Å². The Morgan fingerprint density at radius 1 is 1.50 bits per heavy atom. The number of aryl methyl sites for hydroxylation is 1. The molecule has 1 atom stereocenters. The smallest absolute Gasteiger partial charge is 0.126 e. The molecule has 1 aliphatic rings. The molecule has 0 aliphatic carbocycles. The van der Waals surface area contributed by atoms with Crippen molar-refractivity contribution in [2.45, 2.75) is 19.8 Å². The van der Waals surface area contributed by atoms with Gasteiger partial charge < -0.3 is 5.32 Å². The molecule has 0 bridgehead atoms. The molecular weight excluding hydrogens is 177 g/mol. The number of benzene rings is 1. The van der Waals surface area contributed by atoms with Gasteiger partial charge in [0, 0.05) is 0 Å². The molecular formula is C12H16FN. The molecule has 14 heavy (non-hydrogen) atoms. The molecule has 1 aliphatic heterocycles. The fourth-order valence-corrected chi connectivity index (χ4v) is 2.10. The lowest BCUT2D eigenvalue weighted by molar-refractivity contribution is 0.541. The molecule has 1 aromatic carbocycles. The van der Waals surface area contributed by atoms with Gasteiger partial charge in [-0.1, -0.05) is 12.1 Å². The van der Waals surface area contributed by atoms with Gasteiger partial charge in [0.05, 0.1) is 0 Å². The molecule has 1 aromatic rings. The predicted molar refractivity (Wildman–Crippen MR) is 55.8 cm³/mol. The van der Waals surface area contributed by atoms with Gasteiger partial charge in [0.25, 0.3) is 0 Å². The second-order valence-corrected chi connectivity index (χ2v) is 4.10. The van der Waals surface area contributed by atoms with E-state index in [4.69, 9.17) is 0 Å². The summed E-state index contributed by atoms with van der Waals surface area (Å²) in [7, 11) is 0. The van der Waals surface area contributed by atoms with E-state index < -0.39 is 0 Å². The lowest BCUT2D eigenvalue weighted by atomic mass is 9.95. The maximum absolute atomic E-state index is 13.5. The minimum absolute atomic E-state index is 0.0445. The van der Waals surface area contributed by atoms with Gasteiger partial charge in [-0.25, -0.2) is 4.39 Å². The van der Waals surface area contributed by atoms with Crippen molar-refractivity contribution >= 4 is 0 Å². The summed E-state index contributed by atoms with van der Waals surface area (Å²) in [5.41, 5.74) is 1.98. The van der Waals surface area contributed by atoms with Gasteiger partial charge in [0.15, 0.2) is 0 Å². The first kappa shape index (κ1) is 9.66. The standard InChI is InChI=1S/C12H16FN/c1-9-3-2-4-12(13)11(9)7-10-5-6-14-8-10/h2-4,10,14H,5-8H2,1H3. The molecule has 1 nitrogen and oxygen atoms in total. The topological polar surface area (TPSA) is 12.0 Å². The van der Waals surface area contributed by atoms with Crippen LogP contribution in [0.25, 0.3) is 0 Å². The molecule has 1 unspecified atom stereocenters. The minimum atomic E-state index is -0.0445. The molecule has 2 heteroatoms. The van der Waals surface area contributed by atoms with Crippen molar-refractivity contribution in [3.8, 4) is 0 Å². The van der Waals surface area contributed by atoms with Crippen LogP contribution >= 0.6 is 0 Å². The van der Waals surface area contributed by atoms with Crippen LogP contribution in [0.2, 0.25) is 0 Å². The summed E-state index contributed by atoms with van der Waals surface area (Å²) in [5.74, 6) is 0.572. The van der Waals surface area contributed by atoms with Crippen LogP contribution in [-0.4, -0.2) is 13.1 Å². The highest BCUT2D eigenvalue weighted by atomic mass is 19.1. The Labute approximate surface area is 84.3 Å². The Balaban J connectivity index is 2.14. The summed E-state index contributed by atoms with van der Waals surface area (Å²) in [6.45, 7) is 4.10. The van der Waals surface area contributed by atoms with Crippen LogP contribution in [0.15, 0.2) is 18.2 Å². The van der Waals surface area contributed by atoms with Crippen LogP contribution in [0.5, 0.6) is 0 Å². The highest BCUT2D eigenvalue weighted by molar-refractivity contribution is 5.27. The second kappa shape index (κ2) is 4.09. The quantitative estimate of drug-likeness (QED) is 0.760. The van der Waals surface area contributed by atoms with Gasteiger partial charge in [-0.05, 0) is 56.0 Å². The van der Waals surface area contributed by atoms with Gasteiger partial charge in [0.2, 0.25) is 0 Å². The average molecular weight is 193 g/mol. The molecule has 76 valence electrons. The van der Waals surface area contributed by atoms with E-state index >= 15 is 0 Å². The van der Waals surface area contributed by atoms with Gasteiger partial charge >= 0.3 is 0 Å². The van der Waals surface area contributed by atoms with Crippen molar-refractivity contribution in [1.29, 1.82) is 0 Å². The summed E-state index contributed by atoms with van der Waals surface area (Å²) in [6, 6.07) is 5.33. The molecule has 1 saturated heterocycles. The zero-order valence-corrected chi connectivity index (χ0v) is 8.52. The molecule has 0 radical (unpaired) electrons. The number of nitrogens with one attached hydrogen (secondary N) is 1. The number of hydrogen-bond donors (Lipinski definition) is 1. The van der Waals surface area contributed by atoms with E-state index in [0.29, 0.717) is 5.92 Å². The fraction of sp³-hybridized carbons (Fsp3) is 0.500. The first-order valence-corrected chi connectivity index (χ1v) is 5.22. The molecule has 1 fully saturated rings. The highest BCUT2D eigenvalue weighted by Crippen LogP contribution is 2.20. The number of rotatable bonds is 2.